The lowest BCUT2D eigenvalue weighted by atomic mass is 9.96. The van der Waals surface area contributed by atoms with E-state index in [1.165, 1.54) is 25.7 Å². The molecule has 106 valence electrons. The van der Waals surface area contributed by atoms with Crippen molar-refractivity contribution >= 4 is 26.7 Å². The molecule has 4 heteroatoms. The topological polar surface area (TPSA) is 29.1 Å². The highest BCUT2D eigenvalue weighted by molar-refractivity contribution is 9.10. The quantitative estimate of drug-likeness (QED) is 0.902. The second kappa shape index (κ2) is 7.55. The van der Waals surface area contributed by atoms with Crippen molar-refractivity contribution in [2.24, 2.45) is 0 Å². The third-order valence-corrected chi connectivity index (χ3v) is 6.20. The normalized spacial score (nSPS) is 26.4. The molecule has 2 rings (SSSR count). The van der Waals surface area contributed by atoms with Gasteiger partial charge in [0.2, 0.25) is 0 Å². The Labute approximate surface area is 127 Å². The number of hydrogen-bond acceptors (Lipinski definition) is 2. The fraction of sp³-hybridized carbons (Fsp3) is 0.600. The molecule has 0 aliphatic heterocycles. The number of nitrogens with one attached hydrogen (secondary N) is 1. The molecule has 0 amide bonds. The summed E-state index contributed by atoms with van der Waals surface area (Å²) >= 11 is 3.46. The second-order valence-electron chi connectivity index (χ2n) is 5.18. The maximum absolute atomic E-state index is 12.8. The van der Waals surface area contributed by atoms with Crippen LogP contribution in [0.2, 0.25) is 0 Å². The first kappa shape index (κ1) is 15.2. The monoisotopic (exact) mass is 343 g/mol. The SMILES string of the molecule is CNC1CCCCCCC1S(=O)c1cccc(Br)c1. The number of halogens is 1. The van der Waals surface area contributed by atoms with Gasteiger partial charge in [0.05, 0.1) is 16.0 Å². The van der Waals surface area contributed by atoms with Gasteiger partial charge in [0.1, 0.15) is 0 Å². The average molecular weight is 344 g/mol. The van der Waals surface area contributed by atoms with Gasteiger partial charge in [-0.1, -0.05) is 47.7 Å². The Hall–Kier alpha value is -0.190. The van der Waals surface area contributed by atoms with E-state index in [1.54, 1.807) is 0 Å². The summed E-state index contributed by atoms with van der Waals surface area (Å²) in [7, 11) is 1.08. The van der Waals surface area contributed by atoms with Crippen molar-refractivity contribution in [2.45, 2.75) is 54.7 Å². The minimum atomic E-state index is -0.921. The van der Waals surface area contributed by atoms with Crippen molar-refractivity contribution < 1.29 is 4.21 Å². The van der Waals surface area contributed by atoms with E-state index in [1.807, 2.05) is 31.3 Å². The molecule has 1 aromatic rings. The lowest BCUT2D eigenvalue weighted by molar-refractivity contribution is 0.414. The molecule has 1 aliphatic rings. The molecule has 0 aromatic heterocycles. The van der Waals surface area contributed by atoms with E-state index in [2.05, 4.69) is 21.2 Å². The van der Waals surface area contributed by atoms with Gasteiger partial charge in [-0.3, -0.25) is 4.21 Å². The summed E-state index contributed by atoms with van der Waals surface area (Å²) in [4.78, 5) is 0.945. The molecule has 0 spiro atoms. The number of rotatable bonds is 3. The maximum Gasteiger partial charge on any atom is 0.0577 e. The molecule has 0 heterocycles. The Balaban J connectivity index is 2.18. The van der Waals surface area contributed by atoms with Gasteiger partial charge >= 0.3 is 0 Å². The van der Waals surface area contributed by atoms with Crippen LogP contribution in [-0.2, 0) is 10.8 Å². The van der Waals surface area contributed by atoms with Gasteiger partial charge in [-0.05, 0) is 38.1 Å². The first-order valence-corrected chi connectivity index (χ1v) is 9.06. The van der Waals surface area contributed by atoms with Crippen LogP contribution in [0.4, 0.5) is 0 Å². The number of hydrogen-bond donors (Lipinski definition) is 1. The minimum absolute atomic E-state index is 0.236. The minimum Gasteiger partial charge on any atom is -0.316 e. The third kappa shape index (κ3) is 4.14. The summed E-state index contributed by atoms with van der Waals surface area (Å²) in [5.74, 6) is 0. The molecule has 1 aromatic carbocycles. The van der Waals surface area contributed by atoms with Crippen LogP contribution >= 0.6 is 15.9 Å². The van der Waals surface area contributed by atoms with E-state index in [4.69, 9.17) is 0 Å². The standard InChI is InChI=1S/C15H22BrNOS/c1-17-14-9-4-2-3-5-10-15(14)19(18)13-8-6-7-12(16)11-13/h6-8,11,14-15,17H,2-5,9-10H2,1H3. The molecular weight excluding hydrogens is 322 g/mol. The first-order valence-electron chi connectivity index (χ1n) is 7.06. The zero-order valence-corrected chi connectivity index (χ0v) is 13.8. The summed E-state index contributed by atoms with van der Waals surface area (Å²) in [5, 5.41) is 3.62. The van der Waals surface area contributed by atoms with E-state index in [9.17, 15) is 4.21 Å². The molecule has 3 atom stereocenters. The van der Waals surface area contributed by atoms with Crippen LogP contribution in [-0.4, -0.2) is 22.5 Å². The molecule has 3 unspecified atom stereocenters. The molecule has 0 bridgehead atoms. The Bertz CT molecular complexity index is 438. The van der Waals surface area contributed by atoms with Gasteiger partial charge in [-0.15, -0.1) is 0 Å². The third-order valence-electron chi connectivity index (χ3n) is 3.88. The van der Waals surface area contributed by atoms with Crippen molar-refractivity contribution in [3.05, 3.63) is 28.7 Å². The van der Waals surface area contributed by atoms with Gasteiger partial charge in [0.25, 0.3) is 0 Å². The second-order valence-corrected chi connectivity index (χ2v) is 7.77. The van der Waals surface area contributed by atoms with Crippen molar-refractivity contribution in [1.29, 1.82) is 0 Å². The average Bonchev–Trinajstić information content (AvgIpc) is 2.38. The molecule has 1 saturated carbocycles. The summed E-state index contributed by atoms with van der Waals surface area (Å²) in [6, 6.07) is 8.29. The summed E-state index contributed by atoms with van der Waals surface area (Å²) < 4.78 is 13.8. The highest BCUT2D eigenvalue weighted by Crippen LogP contribution is 2.26. The van der Waals surface area contributed by atoms with E-state index in [0.717, 1.165) is 22.2 Å². The lowest BCUT2D eigenvalue weighted by Crippen LogP contribution is -2.41. The fourth-order valence-corrected chi connectivity index (χ4v) is 5.11. The molecule has 0 radical (unpaired) electrons. The van der Waals surface area contributed by atoms with Gasteiger partial charge in [0, 0.05) is 15.4 Å². The van der Waals surface area contributed by atoms with Gasteiger partial charge in [0.15, 0.2) is 0 Å². The Morgan fingerprint density at radius 3 is 2.63 bits per heavy atom. The zero-order valence-electron chi connectivity index (χ0n) is 11.4. The van der Waals surface area contributed by atoms with Crippen molar-refractivity contribution in [2.75, 3.05) is 7.05 Å². The highest BCUT2D eigenvalue weighted by Gasteiger charge is 2.27. The van der Waals surface area contributed by atoms with E-state index in [-0.39, 0.29) is 5.25 Å². The Morgan fingerprint density at radius 2 is 1.95 bits per heavy atom. The summed E-state index contributed by atoms with van der Waals surface area (Å²) in [6.45, 7) is 0. The maximum atomic E-state index is 12.8. The van der Waals surface area contributed by atoms with Crippen molar-refractivity contribution in [3.63, 3.8) is 0 Å². The largest absolute Gasteiger partial charge is 0.316 e. The van der Waals surface area contributed by atoms with Crippen LogP contribution in [0.15, 0.2) is 33.6 Å². The Kier molecular flexibility index (Phi) is 6.05. The lowest BCUT2D eigenvalue weighted by Gasteiger charge is -2.28. The number of benzene rings is 1. The van der Waals surface area contributed by atoms with E-state index >= 15 is 0 Å². The van der Waals surface area contributed by atoms with Crippen molar-refractivity contribution in [3.8, 4) is 0 Å². The van der Waals surface area contributed by atoms with Crippen LogP contribution in [0.5, 0.6) is 0 Å². The van der Waals surface area contributed by atoms with Gasteiger partial charge < -0.3 is 5.32 Å². The molecule has 1 N–H and O–H groups in total. The Morgan fingerprint density at radius 1 is 1.21 bits per heavy atom. The van der Waals surface area contributed by atoms with Crippen LogP contribution in [0, 0.1) is 0 Å². The zero-order chi connectivity index (χ0) is 13.7. The van der Waals surface area contributed by atoms with Crippen LogP contribution in [0.3, 0.4) is 0 Å². The van der Waals surface area contributed by atoms with E-state index in [0.29, 0.717) is 6.04 Å². The molecule has 1 fully saturated rings. The summed E-state index contributed by atoms with van der Waals surface area (Å²) in [6.07, 6.45) is 7.24. The van der Waals surface area contributed by atoms with Gasteiger partial charge in [-0.25, -0.2) is 0 Å². The predicted octanol–water partition coefficient (Wildman–Crippen LogP) is 3.87. The van der Waals surface area contributed by atoms with Crippen LogP contribution < -0.4 is 5.32 Å². The first-order chi connectivity index (χ1) is 9.22. The highest BCUT2D eigenvalue weighted by atomic mass is 79.9. The molecule has 19 heavy (non-hydrogen) atoms. The van der Waals surface area contributed by atoms with E-state index < -0.39 is 10.8 Å². The molecule has 0 saturated heterocycles. The fourth-order valence-electron chi connectivity index (χ4n) is 2.80. The van der Waals surface area contributed by atoms with Gasteiger partial charge in [-0.2, -0.15) is 0 Å². The molecular formula is C15H22BrNOS. The predicted molar refractivity (Wildman–Crippen MR) is 84.9 cm³/mol. The van der Waals surface area contributed by atoms with Crippen LogP contribution in [0.25, 0.3) is 0 Å². The molecule has 1 aliphatic carbocycles. The van der Waals surface area contributed by atoms with Crippen LogP contribution in [0.1, 0.15) is 38.5 Å². The smallest absolute Gasteiger partial charge is 0.0577 e. The molecule has 2 nitrogen and oxygen atoms in total. The summed E-state index contributed by atoms with van der Waals surface area (Å²) in [5.41, 5.74) is 0. The van der Waals surface area contributed by atoms with Crippen molar-refractivity contribution in [1.82, 2.24) is 5.32 Å².